The van der Waals surface area contributed by atoms with E-state index >= 15 is 0 Å². The van der Waals surface area contributed by atoms with E-state index in [1.54, 1.807) is 32.4 Å². The van der Waals surface area contributed by atoms with Crippen molar-refractivity contribution in [1.82, 2.24) is 0 Å². The molecule has 0 spiro atoms. The molecule has 5 heteroatoms. The second-order valence-electron chi connectivity index (χ2n) is 4.06. The number of carbonyl (C=O) groups is 1. The number of carbonyl (C=O) groups excluding carboxylic acids is 1. The highest BCUT2D eigenvalue weighted by molar-refractivity contribution is 5.96. The smallest absolute Gasteiger partial charge is 0.229 e. The van der Waals surface area contributed by atoms with E-state index in [1.165, 1.54) is 0 Å². The summed E-state index contributed by atoms with van der Waals surface area (Å²) < 4.78 is 10.3. The monoisotopic (exact) mass is 236 g/mol. The number of nitrogens with two attached hydrogens (primary N) is 1. The van der Waals surface area contributed by atoms with E-state index in [0.29, 0.717) is 17.2 Å². The van der Waals surface area contributed by atoms with Gasteiger partial charge < -0.3 is 20.5 Å². The maximum Gasteiger partial charge on any atom is 0.229 e. The van der Waals surface area contributed by atoms with E-state index < -0.39 is 0 Å². The van der Waals surface area contributed by atoms with Gasteiger partial charge in [0, 0.05) is 12.1 Å². The highest BCUT2D eigenvalue weighted by Crippen LogP contribution is 2.33. The van der Waals surface area contributed by atoms with Crippen molar-refractivity contribution >= 4 is 11.6 Å². The lowest BCUT2D eigenvalue weighted by Gasteiger charge is -2.11. The van der Waals surface area contributed by atoms with Crippen LogP contribution in [-0.4, -0.2) is 26.2 Å². The van der Waals surface area contributed by atoms with E-state index in [1.807, 2.05) is 0 Å². The van der Waals surface area contributed by atoms with Gasteiger partial charge in [0.05, 0.1) is 25.8 Å². The fourth-order valence-corrected chi connectivity index (χ4v) is 1.64. The van der Waals surface area contributed by atoms with E-state index in [4.69, 9.17) is 15.2 Å². The van der Waals surface area contributed by atoms with Crippen molar-refractivity contribution in [3.8, 4) is 11.5 Å². The van der Waals surface area contributed by atoms with Crippen LogP contribution in [0.2, 0.25) is 0 Å². The summed E-state index contributed by atoms with van der Waals surface area (Å²) in [5.74, 6) is 1.14. The van der Waals surface area contributed by atoms with Crippen LogP contribution < -0.4 is 20.5 Å². The quantitative estimate of drug-likeness (QED) is 0.817. The third-order valence-corrected chi connectivity index (χ3v) is 2.84. The molecule has 2 unspecified atom stereocenters. The highest BCUT2D eigenvalue weighted by Gasteiger charge is 2.40. The molecule has 0 saturated heterocycles. The van der Waals surface area contributed by atoms with Crippen LogP contribution in [0.15, 0.2) is 18.2 Å². The molecule has 1 aromatic carbocycles. The Morgan fingerprint density at radius 2 is 2.12 bits per heavy atom. The molecule has 0 aliphatic heterocycles. The molecule has 0 bridgehead atoms. The van der Waals surface area contributed by atoms with Crippen molar-refractivity contribution in [2.75, 3.05) is 19.5 Å². The number of methoxy groups -OCH3 is 2. The molecule has 0 radical (unpaired) electrons. The number of anilines is 1. The van der Waals surface area contributed by atoms with Gasteiger partial charge in [0.15, 0.2) is 0 Å². The molecule has 0 heterocycles. The summed E-state index contributed by atoms with van der Waals surface area (Å²) >= 11 is 0. The summed E-state index contributed by atoms with van der Waals surface area (Å²) in [6, 6.07) is 5.25. The van der Waals surface area contributed by atoms with Gasteiger partial charge in [0.25, 0.3) is 0 Å². The fraction of sp³-hybridized carbons (Fsp3) is 0.417. The zero-order valence-electron chi connectivity index (χ0n) is 9.90. The second-order valence-corrected chi connectivity index (χ2v) is 4.06. The Labute approximate surface area is 99.9 Å². The van der Waals surface area contributed by atoms with Crippen LogP contribution in [0.4, 0.5) is 5.69 Å². The van der Waals surface area contributed by atoms with Gasteiger partial charge in [-0.25, -0.2) is 0 Å². The van der Waals surface area contributed by atoms with E-state index in [9.17, 15) is 4.79 Å². The van der Waals surface area contributed by atoms with E-state index in [2.05, 4.69) is 5.32 Å². The molecule has 1 aliphatic carbocycles. The number of hydrogen-bond donors (Lipinski definition) is 2. The van der Waals surface area contributed by atoms with Crippen molar-refractivity contribution in [2.45, 2.75) is 12.5 Å². The minimum atomic E-state index is -0.0678. The third kappa shape index (κ3) is 2.50. The number of benzene rings is 1. The lowest BCUT2D eigenvalue weighted by molar-refractivity contribution is -0.117. The van der Waals surface area contributed by atoms with Crippen LogP contribution in [-0.2, 0) is 4.79 Å². The van der Waals surface area contributed by atoms with Crippen LogP contribution in [0, 0.1) is 5.92 Å². The molecular formula is C12H16N2O3. The predicted molar refractivity (Wildman–Crippen MR) is 64.3 cm³/mol. The summed E-state index contributed by atoms with van der Waals surface area (Å²) in [5, 5.41) is 2.81. The first-order valence-electron chi connectivity index (χ1n) is 5.44. The van der Waals surface area contributed by atoms with Gasteiger partial charge in [-0.15, -0.1) is 0 Å². The summed E-state index contributed by atoms with van der Waals surface area (Å²) in [6.07, 6.45) is 0.754. The van der Waals surface area contributed by atoms with Crippen molar-refractivity contribution < 1.29 is 14.3 Å². The highest BCUT2D eigenvalue weighted by atomic mass is 16.5. The normalized spacial score (nSPS) is 21.8. The van der Waals surface area contributed by atoms with Crippen LogP contribution in [0.25, 0.3) is 0 Å². The minimum Gasteiger partial charge on any atom is -0.497 e. The molecule has 1 saturated carbocycles. The molecule has 0 aromatic heterocycles. The zero-order valence-corrected chi connectivity index (χ0v) is 9.90. The second kappa shape index (κ2) is 4.63. The van der Waals surface area contributed by atoms with Gasteiger partial charge in [-0.05, 0) is 18.6 Å². The number of nitrogens with one attached hydrogen (secondary N) is 1. The Hall–Kier alpha value is -1.75. The number of hydrogen-bond acceptors (Lipinski definition) is 4. The van der Waals surface area contributed by atoms with Gasteiger partial charge in [0.2, 0.25) is 5.91 Å². The van der Waals surface area contributed by atoms with Gasteiger partial charge >= 0.3 is 0 Å². The van der Waals surface area contributed by atoms with Crippen LogP contribution >= 0.6 is 0 Å². The van der Waals surface area contributed by atoms with Crippen LogP contribution in [0.3, 0.4) is 0 Å². The molecule has 2 atom stereocenters. The molecular weight excluding hydrogens is 220 g/mol. The van der Waals surface area contributed by atoms with E-state index in [-0.39, 0.29) is 17.9 Å². The number of ether oxygens (including phenoxy) is 2. The zero-order chi connectivity index (χ0) is 12.4. The molecule has 1 fully saturated rings. The summed E-state index contributed by atoms with van der Waals surface area (Å²) in [6.45, 7) is 0. The first-order valence-corrected chi connectivity index (χ1v) is 5.44. The van der Waals surface area contributed by atoms with Crippen molar-refractivity contribution in [2.24, 2.45) is 11.7 Å². The van der Waals surface area contributed by atoms with Gasteiger partial charge in [-0.2, -0.15) is 0 Å². The SMILES string of the molecule is COc1ccc(NC(=O)C2CC2N)c(OC)c1. The van der Waals surface area contributed by atoms with Gasteiger partial charge in [0.1, 0.15) is 11.5 Å². The topological polar surface area (TPSA) is 73.6 Å². The first kappa shape index (κ1) is 11.7. The molecule has 17 heavy (non-hydrogen) atoms. The van der Waals surface area contributed by atoms with Crippen LogP contribution in [0.5, 0.6) is 11.5 Å². The predicted octanol–water partition coefficient (Wildman–Crippen LogP) is 0.989. The summed E-state index contributed by atoms with van der Waals surface area (Å²) in [4.78, 5) is 11.7. The van der Waals surface area contributed by atoms with Crippen molar-refractivity contribution in [1.29, 1.82) is 0 Å². The average Bonchev–Trinajstić information content (AvgIpc) is 3.07. The average molecular weight is 236 g/mol. The summed E-state index contributed by atoms with van der Waals surface area (Å²) in [7, 11) is 3.13. The maximum absolute atomic E-state index is 11.7. The number of amides is 1. The molecule has 3 N–H and O–H groups in total. The van der Waals surface area contributed by atoms with Gasteiger partial charge in [-0.1, -0.05) is 0 Å². The Kier molecular flexibility index (Phi) is 3.19. The first-order chi connectivity index (χ1) is 8.15. The lowest BCUT2D eigenvalue weighted by Crippen LogP contribution is -2.18. The van der Waals surface area contributed by atoms with Crippen molar-refractivity contribution in [3.05, 3.63) is 18.2 Å². The summed E-state index contributed by atoms with van der Waals surface area (Å²) in [5.41, 5.74) is 6.26. The number of rotatable bonds is 4. The Balaban J connectivity index is 2.12. The van der Waals surface area contributed by atoms with Gasteiger partial charge in [-0.3, -0.25) is 4.79 Å². The minimum absolute atomic E-state index is 0.000701. The van der Waals surface area contributed by atoms with Crippen molar-refractivity contribution in [3.63, 3.8) is 0 Å². The lowest BCUT2D eigenvalue weighted by atomic mass is 10.2. The van der Waals surface area contributed by atoms with Crippen LogP contribution in [0.1, 0.15) is 6.42 Å². The Morgan fingerprint density at radius 1 is 1.41 bits per heavy atom. The standard InChI is InChI=1S/C12H16N2O3/c1-16-7-3-4-10(11(5-7)17-2)14-12(15)8-6-9(8)13/h3-5,8-9H,6,13H2,1-2H3,(H,14,15). The molecule has 2 rings (SSSR count). The Morgan fingerprint density at radius 3 is 2.65 bits per heavy atom. The van der Waals surface area contributed by atoms with E-state index in [0.717, 1.165) is 6.42 Å². The molecule has 5 nitrogen and oxygen atoms in total. The maximum atomic E-state index is 11.7. The molecule has 1 aliphatic rings. The third-order valence-electron chi connectivity index (χ3n) is 2.84. The fourth-order valence-electron chi connectivity index (χ4n) is 1.64. The Bertz CT molecular complexity index is 434. The largest absolute Gasteiger partial charge is 0.497 e. The molecule has 1 aromatic rings. The molecule has 1 amide bonds. The molecule has 92 valence electrons.